The number of alkyl halides is 9. The lowest BCUT2D eigenvalue weighted by Crippen LogP contribution is -2.65. The van der Waals surface area contributed by atoms with Crippen molar-refractivity contribution in [3.05, 3.63) is 64.7 Å². The standard InChI is InChI=1S/C29H31F9N2O4/c1-15(2)13-26(24(41)44-16(3)4)23(29(36,37)38)22(20-8-6-7-9-21(20)39-26)40(25(42)43-5)14-17-10-18(27(30,31)32)12-19(11-17)28(33,34)35/h6-12,15-16,22-23,39H,13-14H2,1-5H3/t22-,23-,26?/m0/s1. The zero-order chi connectivity index (χ0) is 33.4. The number of carbonyl (C=O) groups excluding carboxylic acids is 2. The van der Waals surface area contributed by atoms with Gasteiger partial charge in [0, 0.05) is 12.2 Å². The average Bonchev–Trinajstić information content (AvgIpc) is 2.88. The summed E-state index contributed by atoms with van der Waals surface area (Å²) in [5.41, 5.74) is -6.99. The van der Waals surface area contributed by atoms with E-state index in [0.717, 1.165) is 7.11 Å². The van der Waals surface area contributed by atoms with Crippen molar-refractivity contribution in [1.29, 1.82) is 0 Å². The highest BCUT2D eigenvalue weighted by molar-refractivity contribution is 5.87. The monoisotopic (exact) mass is 642 g/mol. The third kappa shape index (κ3) is 7.34. The van der Waals surface area contributed by atoms with Gasteiger partial charge in [0.15, 0.2) is 0 Å². The molecule has 0 spiro atoms. The quantitative estimate of drug-likeness (QED) is 0.243. The third-order valence-corrected chi connectivity index (χ3v) is 7.02. The first-order chi connectivity index (χ1) is 20.1. The minimum absolute atomic E-state index is 0.0201. The Labute approximate surface area is 247 Å². The SMILES string of the molecule is COC(=O)N(Cc1cc(C(F)(F)F)cc(C(F)(F)F)c1)[C@H]1c2ccccc2NC(CC(C)C)(C(=O)OC(C)C)[C@H]1C(F)(F)F. The largest absolute Gasteiger partial charge is 0.461 e. The normalized spacial score (nSPS) is 20.6. The summed E-state index contributed by atoms with van der Waals surface area (Å²) >= 11 is 0. The number of para-hydroxylation sites is 1. The predicted octanol–water partition coefficient (Wildman–Crippen LogP) is 8.37. The van der Waals surface area contributed by atoms with Crippen LogP contribution in [0.3, 0.4) is 0 Å². The number of hydrogen-bond donors (Lipinski definition) is 1. The fourth-order valence-corrected chi connectivity index (χ4v) is 5.55. The third-order valence-electron chi connectivity index (χ3n) is 7.02. The molecule has 0 fully saturated rings. The molecule has 1 N–H and O–H groups in total. The maximum Gasteiger partial charge on any atom is 0.416 e. The van der Waals surface area contributed by atoms with E-state index in [-0.39, 0.29) is 17.3 Å². The van der Waals surface area contributed by atoms with Gasteiger partial charge in [-0.3, -0.25) is 4.90 Å². The Kier molecular flexibility index (Phi) is 9.81. The van der Waals surface area contributed by atoms with E-state index < -0.39 is 89.8 Å². The summed E-state index contributed by atoms with van der Waals surface area (Å²) in [7, 11) is 0.798. The van der Waals surface area contributed by atoms with Gasteiger partial charge in [-0.05, 0) is 61.6 Å². The maximum atomic E-state index is 15.3. The van der Waals surface area contributed by atoms with E-state index in [1.807, 2.05) is 0 Å². The lowest BCUT2D eigenvalue weighted by molar-refractivity contribution is -0.219. The molecule has 0 saturated carbocycles. The van der Waals surface area contributed by atoms with Gasteiger partial charge < -0.3 is 14.8 Å². The zero-order valence-electron chi connectivity index (χ0n) is 24.2. The van der Waals surface area contributed by atoms with E-state index >= 15 is 13.2 Å². The second-order valence-corrected chi connectivity index (χ2v) is 11.2. The number of fused-ring (bicyclic) bond motifs is 1. The maximum absolute atomic E-state index is 15.3. The first-order valence-electron chi connectivity index (χ1n) is 13.4. The fraction of sp³-hybridized carbons (Fsp3) is 0.517. The molecular weight excluding hydrogens is 611 g/mol. The van der Waals surface area contributed by atoms with Gasteiger partial charge in [0.05, 0.1) is 30.4 Å². The minimum Gasteiger partial charge on any atom is -0.461 e. The van der Waals surface area contributed by atoms with Crippen molar-refractivity contribution >= 4 is 17.7 Å². The van der Waals surface area contributed by atoms with Gasteiger partial charge in [-0.2, -0.15) is 39.5 Å². The fourth-order valence-electron chi connectivity index (χ4n) is 5.55. The summed E-state index contributed by atoms with van der Waals surface area (Å²) < 4.78 is 138. The van der Waals surface area contributed by atoms with Crippen LogP contribution in [0.5, 0.6) is 0 Å². The van der Waals surface area contributed by atoms with Crippen LogP contribution in [0.2, 0.25) is 0 Å². The Balaban J connectivity index is 2.37. The topological polar surface area (TPSA) is 67.9 Å². The van der Waals surface area contributed by atoms with Gasteiger partial charge >= 0.3 is 30.6 Å². The molecule has 244 valence electrons. The molecule has 3 atom stereocenters. The molecular formula is C29H31F9N2O4. The minimum atomic E-state index is -5.27. The highest BCUT2D eigenvalue weighted by atomic mass is 19.4. The van der Waals surface area contributed by atoms with E-state index in [9.17, 15) is 35.9 Å². The molecule has 0 bridgehead atoms. The number of esters is 1. The lowest BCUT2D eigenvalue weighted by atomic mass is 9.68. The van der Waals surface area contributed by atoms with Gasteiger partial charge in [0.2, 0.25) is 0 Å². The molecule has 1 aliphatic heterocycles. The number of halogens is 9. The molecule has 0 saturated heterocycles. The van der Waals surface area contributed by atoms with Crippen LogP contribution in [0.25, 0.3) is 0 Å². The average molecular weight is 643 g/mol. The summed E-state index contributed by atoms with van der Waals surface area (Å²) in [6, 6.07) is 3.67. The van der Waals surface area contributed by atoms with Gasteiger partial charge in [-0.15, -0.1) is 0 Å². The first-order valence-corrected chi connectivity index (χ1v) is 13.4. The number of nitrogens with one attached hydrogen (secondary N) is 1. The number of nitrogens with zero attached hydrogens (tertiary/aromatic N) is 1. The van der Waals surface area contributed by atoms with E-state index in [4.69, 9.17) is 9.47 Å². The van der Waals surface area contributed by atoms with Crippen LogP contribution in [0.4, 0.5) is 50.0 Å². The van der Waals surface area contributed by atoms with Crippen LogP contribution in [0.15, 0.2) is 42.5 Å². The number of hydrogen-bond acceptors (Lipinski definition) is 5. The number of benzene rings is 2. The highest BCUT2D eigenvalue weighted by Gasteiger charge is 2.66. The summed E-state index contributed by atoms with van der Waals surface area (Å²) in [6.07, 6.45) is -18.6. The number of carbonyl (C=O) groups is 2. The smallest absolute Gasteiger partial charge is 0.416 e. The summed E-state index contributed by atoms with van der Waals surface area (Å²) in [5.74, 6) is -4.65. The van der Waals surface area contributed by atoms with Gasteiger partial charge in [-0.1, -0.05) is 32.0 Å². The van der Waals surface area contributed by atoms with Crippen LogP contribution in [-0.2, 0) is 33.2 Å². The molecule has 0 aromatic heterocycles. The molecule has 0 radical (unpaired) electrons. The van der Waals surface area contributed by atoms with Gasteiger partial charge in [-0.25, -0.2) is 9.59 Å². The van der Waals surface area contributed by atoms with E-state index in [2.05, 4.69) is 5.32 Å². The molecule has 1 heterocycles. The Morgan fingerprint density at radius 3 is 1.91 bits per heavy atom. The molecule has 2 aromatic rings. The zero-order valence-corrected chi connectivity index (χ0v) is 24.2. The number of amides is 1. The molecule has 1 aliphatic rings. The Bertz CT molecular complexity index is 1320. The van der Waals surface area contributed by atoms with Gasteiger partial charge in [0.1, 0.15) is 11.5 Å². The van der Waals surface area contributed by atoms with Crippen LogP contribution in [0.1, 0.15) is 62.4 Å². The second-order valence-electron chi connectivity index (χ2n) is 11.2. The number of rotatable bonds is 7. The molecule has 2 aromatic carbocycles. The van der Waals surface area contributed by atoms with Crippen molar-refractivity contribution in [3.8, 4) is 0 Å². The molecule has 0 aliphatic carbocycles. The van der Waals surface area contributed by atoms with Crippen molar-refractivity contribution in [2.24, 2.45) is 11.8 Å². The second kappa shape index (κ2) is 12.4. The Morgan fingerprint density at radius 1 is 0.909 bits per heavy atom. The van der Waals surface area contributed by atoms with Crippen LogP contribution in [-0.4, -0.2) is 41.9 Å². The molecule has 6 nitrogen and oxygen atoms in total. The molecule has 15 heteroatoms. The molecule has 44 heavy (non-hydrogen) atoms. The van der Waals surface area contributed by atoms with E-state index in [0.29, 0.717) is 17.0 Å². The van der Waals surface area contributed by atoms with E-state index in [1.54, 1.807) is 13.8 Å². The predicted molar refractivity (Wildman–Crippen MR) is 140 cm³/mol. The van der Waals surface area contributed by atoms with Crippen LogP contribution in [0, 0.1) is 11.8 Å². The van der Waals surface area contributed by atoms with Crippen molar-refractivity contribution < 1.29 is 58.6 Å². The van der Waals surface area contributed by atoms with Crippen molar-refractivity contribution in [1.82, 2.24) is 4.90 Å². The summed E-state index contributed by atoms with van der Waals surface area (Å²) in [4.78, 5) is 27.2. The number of methoxy groups -OCH3 is 1. The van der Waals surface area contributed by atoms with Gasteiger partial charge in [0.25, 0.3) is 0 Å². The number of ether oxygens (including phenoxy) is 2. The lowest BCUT2D eigenvalue weighted by Gasteiger charge is -2.51. The molecule has 3 rings (SSSR count). The molecule has 1 amide bonds. The highest BCUT2D eigenvalue weighted by Crippen LogP contribution is 2.55. The van der Waals surface area contributed by atoms with Crippen molar-refractivity contribution in [3.63, 3.8) is 0 Å². The van der Waals surface area contributed by atoms with E-state index in [1.165, 1.54) is 38.1 Å². The Morgan fingerprint density at radius 2 is 1.45 bits per heavy atom. The van der Waals surface area contributed by atoms with Crippen molar-refractivity contribution in [2.45, 2.75) is 76.9 Å². The summed E-state index contributed by atoms with van der Waals surface area (Å²) in [6.45, 7) is 4.78. The first kappa shape index (κ1) is 34.8. The summed E-state index contributed by atoms with van der Waals surface area (Å²) in [5, 5.41) is 2.70. The number of anilines is 1. The molecule has 1 unspecified atom stereocenters. The Hall–Kier alpha value is -3.65. The van der Waals surface area contributed by atoms with Crippen LogP contribution < -0.4 is 5.32 Å². The van der Waals surface area contributed by atoms with Crippen molar-refractivity contribution in [2.75, 3.05) is 12.4 Å². The van der Waals surface area contributed by atoms with Crippen LogP contribution >= 0.6 is 0 Å².